The second-order valence-electron chi connectivity index (χ2n) is 5.46. The van der Waals surface area contributed by atoms with Crippen molar-refractivity contribution in [1.82, 2.24) is 0 Å². The van der Waals surface area contributed by atoms with Crippen LogP contribution in [0.15, 0.2) is 0 Å². The molecule has 1 atom stereocenters. The van der Waals surface area contributed by atoms with Crippen LogP contribution in [0.25, 0.3) is 0 Å². The van der Waals surface area contributed by atoms with E-state index in [0.29, 0.717) is 0 Å². The maximum atomic E-state index is 12.0. The predicted octanol–water partition coefficient (Wildman–Crippen LogP) is 2.51. The van der Waals surface area contributed by atoms with Gasteiger partial charge in [0.1, 0.15) is 0 Å². The largest absolute Gasteiger partial charge is 0.466 e. The Balaban J connectivity index is 3.30. The first kappa shape index (κ1) is 14.5. The molecule has 0 aromatic carbocycles. The number of carbonyl (C=O) groups excluding carboxylic acids is 1. The summed E-state index contributed by atoms with van der Waals surface area (Å²) >= 11 is 0. The molecule has 0 radical (unpaired) electrons. The maximum Gasteiger partial charge on any atom is 0.312 e. The summed E-state index contributed by atoms with van der Waals surface area (Å²) < 4.78 is 5.04. The molecular formula is C14H20N2O2. The van der Waals surface area contributed by atoms with E-state index in [0.717, 1.165) is 0 Å². The monoisotopic (exact) mass is 248 g/mol. The molecule has 0 amide bonds. The summed E-state index contributed by atoms with van der Waals surface area (Å²) in [6, 6.07) is 4.17. The summed E-state index contributed by atoms with van der Waals surface area (Å²) in [7, 11) is 0. The van der Waals surface area contributed by atoms with Crippen LogP contribution in [-0.2, 0) is 9.53 Å². The fraction of sp³-hybridized carbons (Fsp3) is 0.786. The number of hydrogen-bond donors (Lipinski definition) is 0. The molecule has 0 aliphatic heterocycles. The minimum Gasteiger partial charge on any atom is -0.466 e. The van der Waals surface area contributed by atoms with Gasteiger partial charge in [-0.1, -0.05) is 27.7 Å². The number of carbonyl (C=O) groups is 1. The van der Waals surface area contributed by atoms with Crippen LogP contribution in [0.1, 0.15) is 34.6 Å². The Morgan fingerprint density at radius 1 is 1.22 bits per heavy atom. The summed E-state index contributed by atoms with van der Waals surface area (Å²) in [5.74, 6) is -0.889. The van der Waals surface area contributed by atoms with Crippen LogP contribution >= 0.6 is 0 Å². The average molecular weight is 248 g/mol. The Hall–Kier alpha value is -1.55. The third-order valence-corrected chi connectivity index (χ3v) is 4.30. The second-order valence-corrected chi connectivity index (χ2v) is 5.46. The van der Waals surface area contributed by atoms with Gasteiger partial charge in [-0.05, 0) is 18.8 Å². The molecule has 0 heterocycles. The number of esters is 1. The van der Waals surface area contributed by atoms with Crippen molar-refractivity contribution in [3.63, 3.8) is 0 Å². The van der Waals surface area contributed by atoms with Crippen LogP contribution in [0.4, 0.5) is 0 Å². The lowest BCUT2D eigenvalue weighted by atomic mass is 9.75. The van der Waals surface area contributed by atoms with E-state index in [1.54, 1.807) is 6.92 Å². The summed E-state index contributed by atoms with van der Waals surface area (Å²) in [6.07, 6.45) is 0. The predicted molar refractivity (Wildman–Crippen MR) is 65.9 cm³/mol. The molecule has 0 aromatic heterocycles. The van der Waals surface area contributed by atoms with Gasteiger partial charge < -0.3 is 4.74 Å². The zero-order chi connectivity index (χ0) is 14.1. The second kappa shape index (κ2) is 4.61. The van der Waals surface area contributed by atoms with Crippen LogP contribution in [0.2, 0.25) is 0 Å². The van der Waals surface area contributed by atoms with E-state index in [2.05, 4.69) is 12.1 Å². The van der Waals surface area contributed by atoms with Gasteiger partial charge in [0.25, 0.3) is 0 Å². The lowest BCUT2D eigenvalue weighted by molar-refractivity contribution is -0.146. The van der Waals surface area contributed by atoms with Gasteiger partial charge in [0.05, 0.1) is 24.7 Å². The first-order chi connectivity index (χ1) is 8.36. The summed E-state index contributed by atoms with van der Waals surface area (Å²) in [4.78, 5) is 12.0. The molecule has 18 heavy (non-hydrogen) atoms. The average Bonchev–Trinajstić information content (AvgIpc) is 2.94. The molecule has 0 aromatic rings. The van der Waals surface area contributed by atoms with Crippen molar-refractivity contribution < 1.29 is 9.53 Å². The Kier molecular flexibility index (Phi) is 3.72. The van der Waals surface area contributed by atoms with E-state index >= 15 is 0 Å². The van der Waals surface area contributed by atoms with Crippen molar-refractivity contribution >= 4 is 5.97 Å². The van der Waals surface area contributed by atoms with Gasteiger partial charge in [-0.2, -0.15) is 10.5 Å². The SMILES string of the molecule is CCOC(=O)C1C(C#N)(C#N)C1(C(C)C)C(C)C. The molecule has 1 rings (SSSR count). The normalized spacial score (nSPS) is 23.3. The van der Waals surface area contributed by atoms with Gasteiger partial charge in [0.15, 0.2) is 5.41 Å². The van der Waals surface area contributed by atoms with E-state index in [-0.39, 0.29) is 18.4 Å². The number of hydrogen-bond acceptors (Lipinski definition) is 4. The third kappa shape index (κ3) is 1.45. The van der Waals surface area contributed by atoms with Crippen molar-refractivity contribution in [3.05, 3.63) is 0 Å². The van der Waals surface area contributed by atoms with Crippen molar-refractivity contribution in [3.8, 4) is 12.1 Å². The van der Waals surface area contributed by atoms with Gasteiger partial charge in [0, 0.05) is 5.41 Å². The molecular weight excluding hydrogens is 228 g/mol. The molecule has 0 N–H and O–H groups in total. The van der Waals surface area contributed by atoms with Crippen molar-refractivity contribution in [2.75, 3.05) is 6.61 Å². The molecule has 4 nitrogen and oxygen atoms in total. The number of rotatable bonds is 4. The van der Waals surface area contributed by atoms with Crippen molar-refractivity contribution in [2.24, 2.45) is 28.6 Å². The van der Waals surface area contributed by atoms with Gasteiger partial charge in [-0.15, -0.1) is 0 Å². The number of nitrogens with zero attached hydrogens (tertiary/aromatic N) is 2. The Morgan fingerprint density at radius 2 is 1.67 bits per heavy atom. The molecule has 1 aliphatic carbocycles. The van der Waals surface area contributed by atoms with Crippen LogP contribution < -0.4 is 0 Å². The van der Waals surface area contributed by atoms with E-state index in [1.807, 2.05) is 27.7 Å². The van der Waals surface area contributed by atoms with Gasteiger partial charge in [-0.25, -0.2) is 0 Å². The minimum atomic E-state index is -1.23. The molecule has 4 heteroatoms. The molecule has 1 aliphatic rings. The third-order valence-electron chi connectivity index (χ3n) is 4.30. The Morgan fingerprint density at radius 3 is 1.89 bits per heavy atom. The van der Waals surface area contributed by atoms with E-state index in [4.69, 9.17) is 4.74 Å². The maximum absolute atomic E-state index is 12.0. The highest BCUT2D eigenvalue weighted by Crippen LogP contribution is 2.75. The van der Waals surface area contributed by atoms with Crippen molar-refractivity contribution in [2.45, 2.75) is 34.6 Å². The lowest BCUT2D eigenvalue weighted by Gasteiger charge is -2.26. The Bertz CT molecular complexity index is 404. The lowest BCUT2D eigenvalue weighted by Crippen LogP contribution is -2.26. The van der Waals surface area contributed by atoms with E-state index < -0.39 is 22.7 Å². The van der Waals surface area contributed by atoms with Gasteiger partial charge in [0.2, 0.25) is 0 Å². The molecule has 1 fully saturated rings. The molecule has 0 saturated heterocycles. The molecule has 0 spiro atoms. The highest BCUT2D eigenvalue weighted by molar-refractivity contribution is 5.82. The zero-order valence-electron chi connectivity index (χ0n) is 11.7. The van der Waals surface area contributed by atoms with E-state index in [9.17, 15) is 15.3 Å². The smallest absolute Gasteiger partial charge is 0.312 e. The fourth-order valence-electron chi connectivity index (χ4n) is 3.71. The summed E-state index contributed by atoms with van der Waals surface area (Å²) in [6.45, 7) is 9.85. The quantitative estimate of drug-likeness (QED) is 0.716. The zero-order valence-corrected chi connectivity index (χ0v) is 11.7. The highest BCUT2D eigenvalue weighted by Gasteiger charge is 2.84. The van der Waals surface area contributed by atoms with E-state index in [1.165, 1.54) is 0 Å². The summed E-state index contributed by atoms with van der Waals surface area (Å²) in [5.41, 5.74) is -1.83. The van der Waals surface area contributed by atoms with Gasteiger partial charge >= 0.3 is 5.97 Å². The van der Waals surface area contributed by atoms with Gasteiger partial charge in [-0.3, -0.25) is 4.79 Å². The summed E-state index contributed by atoms with van der Waals surface area (Å²) in [5, 5.41) is 18.8. The van der Waals surface area contributed by atoms with Crippen molar-refractivity contribution in [1.29, 1.82) is 10.5 Å². The minimum absolute atomic E-state index is 0.0752. The highest BCUT2D eigenvalue weighted by atomic mass is 16.5. The topological polar surface area (TPSA) is 73.9 Å². The molecule has 1 unspecified atom stereocenters. The number of nitriles is 2. The molecule has 98 valence electrons. The van der Waals surface area contributed by atoms with Crippen LogP contribution in [-0.4, -0.2) is 12.6 Å². The van der Waals surface area contributed by atoms with Crippen LogP contribution in [0.3, 0.4) is 0 Å². The fourth-order valence-corrected chi connectivity index (χ4v) is 3.71. The first-order valence-electron chi connectivity index (χ1n) is 6.35. The van der Waals surface area contributed by atoms with Crippen LogP contribution in [0, 0.1) is 51.2 Å². The molecule has 0 bridgehead atoms. The first-order valence-corrected chi connectivity index (χ1v) is 6.35. The number of ether oxygens (including phenoxy) is 1. The Labute approximate surface area is 109 Å². The molecule has 1 saturated carbocycles. The standard InChI is InChI=1S/C14H20N2O2/c1-6-18-12(17)11-13(7-15,8-16)14(11,9(2)3)10(4)5/h9-11H,6H2,1-5H3. The van der Waals surface area contributed by atoms with Crippen LogP contribution in [0.5, 0.6) is 0 Å².